The summed E-state index contributed by atoms with van der Waals surface area (Å²) >= 11 is 0. The Bertz CT molecular complexity index is 460. The molecule has 3 N–H and O–H groups in total. The zero-order valence-corrected chi connectivity index (χ0v) is 11.2. The highest BCUT2D eigenvalue weighted by Gasteiger charge is 2.15. The molecule has 104 valence electrons. The second kappa shape index (κ2) is 6.31. The number of ether oxygens (including phenoxy) is 2. The summed E-state index contributed by atoms with van der Waals surface area (Å²) < 4.78 is 10.9. The lowest BCUT2D eigenvalue weighted by Crippen LogP contribution is -2.17. The van der Waals surface area contributed by atoms with E-state index in [0.717, 1.165) is 19.3 Å². The molecule has 0 unspecified atom stereocenters. The molecular formula is C14H20N2O3. The summed E-state index contributed by atoms with van der Waals surface area (Å²) in [6.07, 6.45) is 3.57. The Balaban J connectivity index is 2.01. The molecule has 1 aliphatic heterocycles. The molecule has 0 radical (unpaired) electrons. The molecular weight excluding hydrogens is 244 g/mol. The number of hydrogen-bond donors (Lipinski definition) is 2. The number of fused-ring (bicyclic) bond motifs is 1. The maximum Gasteiger partial charge on any atom is 0.224 e. The van der Waals surface area contributed by atoms with Crippen LogP contribution in [0.1, 0.15) is 32.6 Å². The maximum absolute atomic E-state index is 11.8. The van der Waals surface area contributed by atoms with E-state index < -0.39 is 0 Å². The van der Waals surface area contributed by atoms with Crippen molar-refractivity contribution in [3.63, 3.8) is 0 Å². The molecule has 1 aromatic rings. The summed E-state index contributed by atoms with van der Waals surface area (Å²) in [5.74, 6) is 1.24. The number of nitrogens with two attached hydrogens (primary N) is 1. The fourth-order valence-corrected chi connectivity index (χ4v) is 1.96. The molecule has 0 bridgehead atoms. The number of carbonyl (C=O) groups is 1. The highest BCUT2D eigenvalue weighted by atomic mass is 16.6. The van der Waals surface area contributed by atoms with Gasteiger partial charge in [0.25, 0.3) is 0 Å². The van der Waals surface area contributed by atoms with Crippen molar-refractivity contribution in [1.29, 1.82) is 0 Å². The Morgan fingerprint density at radius 2 is 1.95 bits per heavy atom. The lowest BCUT2D eigenvalue weighted by atomic mass is 10.2. The standard InChI is InChI=1S/C14H20N2O3/c1-2-3-4-5-14(17)16-11-9-13-12(8-10(11)15)18-6-7-19-13/h8-9H,2-7,15H2,1H3,(H,16,17). The van der Waals surface area contributed by atoms with Gasteiger partial charge in [0, 0.05) is 18.6 Å². The van der Waals surface area contributed by atoms with E-state index in [1.165, 1.54) is 0 Å². The molecule has 1 heterocycles. The van der Waals surface area contributed by atoms with Crippen LogP contribution in [0.4, 0.5) is 11.4 Å². The first-order chi connectivity index (χ1) is 9.20. The van der Waals surface area contributed by atoms with E-state index in [0.29, 0.717) is 42.5 Å². The van der Waals surface area contributed by atoms with E-state index >= 15 is 0 Å². The molecule has 5 nitrogen and oxygen atoms in total. The highest BCUT2D eigenvalue weighted by molar-refractivity contribution is 5.94. The molecule has 0 aromatic heterocycles. The van der Waals surface area contributed by atoms with Gasteiger partial charge < -0.3 is 20.5 Å². The van der Waals surface area contributed by atoms with Crippen LogP contribution in [-0.4, -0.2) is 19.1 Å². The molecule has 19 heavy (non-hydrogen) atoms. The van der Waals surface area contributed by atoms with Gasteiger partial charge in [-0.05, 0) is 6.42 Å². The van der Waals surface area contributed by atoms with E-state index in [1.807, 2.05) is 0 Å². The van der Waals surface area contributed by atoms with E-state index in [1.54, 1.807) is 12.1 Å². The van der Waals surface area contributed by atoms with Crippen molar-refractivity contribution in [3.05, 3.63) is 12.1 Å². The predicted octanol–water partition coefficient (Wildman–Crippen LogP) is 2.56. The summed E-state index contributed by atoms with van der Waals surface area (Å²) in [7, 11) is 0. The number of nitrogens with one attached hydrogen (secondary N) is 1. The van der Waals surface area contributed by atoms with Crippen LogP contribution in [0.5, 0.6) is 11.5 Å². The number of anilines is 2. The topological polar surface area (TPSA) is 73.6 Å². The molecule has 0 aliphatic carbocycles. The lowest BCUT2D eigenvalue weighted by molar-refractivity contribution is -0.116. The first-order valence-corrected chi connectivity index (χ1v) is 6.69. The first-order valence-electron chi connectivity index (χ1n) is 6.69. The van der Waals surface area contributed by atoms with Gasteiger partial charge in [0.15, 0.2) is 11.5 Å². The Morgan fingerprint density at radius 1 is 1.26 bits per heavy atom. The zero-order chi connectivity index (χ0) is 13.7. The molecule has 2 rings (SSSR count). The van der Waals surface area contributed by atoms with Crippen LogP contribution in [0.3, 0.4) is 0 Å². The third-order valence-corrected chi connectivity index (χ3v) is 3.00. The molecule has 0 spiro atoms. The highest BCUT2D eigenvalue weighted by Crippen LogP contribution is 2.36. The minimum Gasteiger partial charge on any atom is -0.486 e. The van der Waals surface area contributed by atoms with Crippen LogP contribution in [0.25, 0.3) is 0 Å². The van der Waals surface area contributed by atoms with Gasteiger partial charge in [0.2, 0.25) is 5.91 Å². The van der Waals surface area contributed by atoms with E-state index in [9.17, 15) is 4.79 Å². The summed E-state index contributed by atoms with van der Waals surface area (Å²) in [4.78, 5) is 11.8. The van der Waals surface area contributed by atoms with E-state index in [2.05, 4.69) is 12.2 Å². The van der Waals surface area contributed by atoms with Gasteiger partial charge in [0.1, 0.15) is 13.2 Å². The van der Waals surface area contributed by atoms with Crippen molar-refractivity contribution in [3.8, 4) is 11.5 Å². The maximum atomic E-state index is 11.8. The van der Waals surface area contributed by atoms with Crippen LogP contribution < -0.4 is 20.5 Å². The first kappa shape index (κ1) is 13.5. The number of amides is 1. The van der Waals surface area contributed by atoms with Crippen LogP contribution in [-0.2, 0) is 4.79 Å². The van der Waals surface area contributed by atoms with E-state index in [4.69, 9.17) is 15.2 Å². The van der Waals surface area contributed by atoms with Crippen molar-refractivity contribution < 1.29 is 14.3 Å². The number of nitrogen functional groups attached to an aromatic ring is 1. The summed E-state index contributed by atoms with van der Waals surface area (Å²) in [5, 5.41) is 2.82. The largest absolute Gasteiger partial charge is 0.486 e. The van der Waals surface area contributed by atoms with E-state index in [-0.39, 0.29) is 5.91 Å². The van der Waals surface area contributed by atoms with Crippen LogP contribution in [0, 0.1) is 0 Å². The van der Waals surface area contributed by atoms with Crippen molar-refractivity contribution >= 4 is 17.3 Å². The van der Waals surface area contributed by atoms with Gasteiger partial charge >= 0.3 is 0 Å². The van der Waals surface area contributed by atoms with Crippen LogP contribution in [0.2, 0.25) is 0 Å². The van der Waals surface area contributed by atoms with Crippen molar-refractivity contribution in [1.82, 2.24) is 0 Å². The van der Waals surface area contributed by atoms with Gasteiger partial charge in [-0.15, -0.1) is 0 Å². The number of hydrogen-bond acceptors (Lipinski definition) is 4. The number of unbranched alkanes of at least 4 members (excludes halogenated alkanes) is 2. The monoisotopic (exact) mass is 264 g/mol. The number of benzene rings is 1. The fraction of sp³-hybridized carbons (Fsp3) is 0.500. The normalized spacial score (nSPS) is 13.1. The quantitative estimate of drug-likeness (QED) is 0.633. The van der Waals surface area contributed by atoms with Gasteiger partial charge in [-0.2, -0.15) is 0 Å². The molecule has 5 heteroatoms. The Hall–Kier alpha value is -1.91. The smallest absolute Gasteiger partial charge is 0.224 e. The minimum absolute atomic E-state index is 0.0168. The zero-order valence-electron chi connectivity index (χ0n) is 11.2. The van der Waals surface area contributed by atoms with Gasteiger partial charge in [-0.25, -0.2) is 0 Å². The van der Waals surface area contributed by atoms with Crippen molar-refractivity contribution in [2.45, 2.75) is 32.6 Å². The second-order valence-corrected chi connectivity index (χ2v) is 4.59. The van der Waals surface area contributed by atoms with Crippen molar-refractivity contribution in [2.24, 2.45) is 0 Å². The minimum atomic E-state index is -0.0168. The molecule has 0 saturated carbocycles. The van der Waals surface area contributed by atoms with Crippen LogP contribution in [0.15, 0.2) is 12.1 Å². The number of rotatable bonds is 5. The van der Waals surface area contributed by atoms with Gasteiger partial charge in [-0.1, -0.05) is 19.8 Å². The molecule has 1 aliphatic rings. The Labute approximate surface area is 113 Å². The fourth-order valence-electron chi connectivity index (χ4n) is 1.96. The SMILES string of the molecule is CCCCCC(=O)Nc1cc2c(cc1N)OCCO2. The lowest BCUT2D eigenvalue weighted by Gasteiger charge is -2.20. The molecule has 0 atom stereocenters. The van der Waals surface area contributed by atoms with Crippen molar-refractivity contribution in [2.75, 3.05) is 24.3 Å². The molecule has 0 fully saturated rings. The summed E-state index contributed by atoms with van der Waals surface area (Å²) in [6.45, 7) is 3.15. The second-order valence-electron chi connectivity index (χ2n) is 4.59. The average molecular weight is 264 g/mol. The third-order valence-electron chi connectivity index (χ3n) is 3.00. The predicted molar refractivity (Wildman–Crippen MR) is 74.6 cm³/mol. The summed E-state index contributed by atoms with van der Waals surface area (Å²) in [5.41, 5.74) is 6.98. The Kier molecular flexibility index (Phi) is 4.49. The number of carbonyl (C=O) groups excluding carboxylic acids is 1. The van der Waals surface area contributed by atoms with Crippen LogP contribution >= 0.6 is 0 Å². The Morgan fingerprint density at radius 3 is 2.63 bits per heavy atom. The molecule has 0 saturated heterocycles. The summed E-state index contributed by atoms with van der Waals surface area (Å²) in [6, 6.07) is 3.41. The molecule has 1 amide bonds. The van der Waals surface area contributed by atoms with Gasteiger partial charge in [0.05, 0.1) is 11.4 Å². The average Bonchev–Trinajstić information content (AvgIpc) is 2.40. The van der Waals surface area contributed by atoms with Gasteiger partial charge in [-0.3, -0.25) is 4.79 Å². The third kappa shape index (κ3) is 3.53. The molecule has 1 aromatic carbocycles.